The molecule has 26 heavy (non-hydrogen) atoms. The van der Waals surface area contributed by atoms with Crippen LogP contribution in [0.4, 0.5) is 11.8 Å². The third-order valence-corrected chi connectivity index (χ3v) is 4.26. The van der Waals surface area contributed by atoms with Crippen molar-refractivity contribution < 1.29 is 9.53 Å². The second-order valence-corrected chi connectivity index (χ2v) is 6.09. The average molecular weight is 356 g/mol. The summed E-state index contributed by atoms with van der Waals surface area (Å²) in [5, 5.41) is 3.16. The lowest BCUT2D eigenvalue weighted by molar-refractivity contribution is 0.0746. The third kappa shape index (κ3) is 4.01. The molecule has 1 aliphatic rings. The number of methoxy groups -OCH3 is 1. The summed E-state index contributed by atoms with van der Waals surface area (Å²) in [5.41, 5.74) is 1.50. The molecule has 3 heterocycles. The Morgan fingerprint density at radius 2 is 2.00 bits per heavy atom. The van der Waals surface area contributed by atoms with Crippen LogP contribution in [0, 0.1) is 6.92 Å². The van der Waals surface area contributed by atoms with Crippen LogP contribution in [0.2, 0.25) is 0 Å². The normalized spacial score (nSPS) is 14.3. The number of pyridine rings is 1. The van der Waals surface area contributed by atoms with E-state index in [1.54, 1.807) is 25.4 Å². The smallest absolute Gasteiger partial charge is 0.255 e. The van der Waals surface area contributed by atoms with Crippen LogP contribution in [-0.4, -0.2) is 65.6 Å². The van der Waals surface area contributed by atoms with Gasteiger partial charge in [-0.25, -0.2) is 9.97 Å². The maximum Gasteiger partial charge on any atom is 0.255 e. The van der Waals surface area contributed by atoms with Crippen molar-refractivity contribution in [2.24, 2.45) is 0 Å². The van der Waals surface area contributed by atoms with E-state index in [1.165, 1.54) is 0 Å². The van der Waals surface area contributed by atoms with Crippen molar-refractivity contribution in [1.29, 1.82) is 0 Å². The van der Waals surface area contributed by atoms with Gasteiger partial charge >= 0.3 is 0 Å². The highest BCUT2D eigenvalue weighted by Gasteiger charge is 2.23. The van der Waals surface area contributed by atoms with Gasteiger partial charge < -0.3 is 19.9 Å². The van der Waals surface area contributed by atoms with Crippen molar-refractivity contribution in [3.63, 3.8) is 0 Å². The molecule has 0 atom stereocenters. The fraction of sp³-hybridized carbons (Fsp3) is 0.444. The Kier molecular flexibility index (Phi) is 5.50. The van der Waals surface area contributed by atoms with E-state index in [0.717, 1.165) is 31.1 Å². The SMILES string of the molecule is CCNc1nc(C)cc(N2CCN(C(=O)c3ccc(OC)nc3)CC2)n1. The monoisotopic (exact) mass is 356 g/mol. The van der Waals surface area contributed by atoms with Gasteiger partial charge in [-0.15, -0.1) is 0 Å². The number of nitrogens with one attached hydrogen (secondary N) is 1. The molecule has 0 bridgehead atoms. The van der Waals surface area contributed by atoms with Gasteiger partial charge in [0.1, 0.15) is 5.82 Å². The number of hydrogen-bond donors (Lipinski definition) is 1. The Morgan fingerprint density at radius 3 is 2.62 bits per heavy atom. The molecule has 0 saturated carbocycles. The van der Waals surface area contributed by atoms with Crippen LogP contribution in [0.15, 0.2) is 24.4 Å². The zero-order valence-corrected chi connectivity index (χ0v) is 15.4. The molecule has 0 spiro atoms. The van der Waals surface area contributed by atoms with Gasteiger partial charge in [-0.2, -0.15) is 4.98 Å². The second-order valence-electron chi connectivity index (χ2n) is 6.09. The molecule has 0 radical (unpaired) electrons. The molecule has 2 aromatic rings. The van der Waals surface area contributed by atoms with E-state index in [0.29, 0.717) is 30.5 Å². The van der Waals surface area contributed by atoms with E-state index >= 15 is 0 Å². The summed E-state index contributed by atoms with van der Waals surface area (Å²) in [7, 11) is 1.55. The number of anilines is 2. The van der Waals surface area contributed by atoms with Crippen molar-refractivity contribution in [1.82, 2.24) is 19.9 Å². The fourth-order valence-corrected chi connectivity index (χ4v) is 2.90. The van der Waals surface area contributed by atoms with Gasteiger partial charge in [-0.05, 0) is 19.9 Å². The minimum Gasteiger partial charge on any atom is -0.481 e. The fourth-order valence-electron chi connectivity index (χ4n) is 2.90. The van der Waals surface area contributed by atoms with Crippen LogP contribution >= 0.6 is 0 Å². The summed E-state index contributed by atoms with van der Waals surface area (Å²) in [5.74, 6) is 2.03. The first kappa shape index (κ1) is 17.9. The number of piperazine rings is 1. The Hall–Kier alpha value is -2.90. The molecule has 1 fully saturated rings. The molecule has 0 aliphatic carbocycles. The second kappa shape index (κ2) is 7.99. The lowest BCUT2D eigenvalue weighted by Crippen LogP contribution is -2.49. The van der Waals surface area contributed by atoms with Crippen LogP contribution in [0.25, 0.3) is 0 Å². The Bertz CT molecular complexity index is 757. The summed E-state index contributed by atoms with van der Waals surface area (Å²) < 4.78 is 5.03. The molecular formula is C18H24N6O2. The van der Waals surface area contributed by atoms with Crippen LogP contribution < -0.4 is 15.0 Å². The van der Waals surface area contributed by atoms with Crippen LogP contribution in [0.1, 0.15) is 23.0 Å². The van der Waals surface area contributed by atoms with E-state index in [9.17, 15) is 4.79 Å². The zero-order chi connectivity index (χ0) is 18.5. The zero-order valence-electron chi connectivity index (χ0n) is 15.4. The Balaban J connectivity index is 1.64. The summed E-state index contributed by atoms with van der Waals surface area (Å²) in [6, 6.07) is 5.43. The van der Waals surface area contributed by atoms with Crippen molar-refractivity contribution in [3.8, 4) is 5.88 Å². The Labute approximate surface area is 153 Å². The van der Waals surface area contributed by atoms with Gasteiger partial charge in [-0.1, -0.05) is 0 Å². The van der Waals surface area contributed by atoms with Gasteiger partial charge in [0, 0.05) is 56.7 Å². The molecule has 8 nitrogen and oxygen atoms in total. The number of aryl methyl sites for hydroxylation is 1. The van der Waals surface area contributed by atoms with E-state index in [-0.39, 0.29) is 5.91 Å². The standard InChI is InChI=1S/C18H24N6O2/c1-4-19-18-21-13(2)11-15(22-18)23-7-9-24(10-8-23)17(25)14-5-6-16(26-3)20-12-14/h5-6,11-12H,4,7-10H2,1-3H3,(H,19,21,22). The van der Waals surface area contributed by atoms with E-state index in [2.05, 4.69) is 25.2 Å². The van der Waals surface area contributed by atoms with Crippen molar-refractivity contribution in [2.75, 3.05) is 50.1 Å². The van der Waals surface area contributed by atoms with Crippen LogP contribution in [-0.2, 0) is 0 Å². The molecule has 8 heteroatoms. The van der Waals surface area contributed by atoms with Crippen LogP contribution in [0.5, 0.6) is 5.88 Å². The molecule has 3 rings (SSSR count). The van der Waals surface area contributed by atoms with Crippen molar-refractivity contribution in [3.05, 3.63) is 35.7 Å². The predicted octanol–water partition coefficient (Wildman–Crippen LogP) is 1.58. The first-order valence-corrected chi connectivity index (χ1v) is 8.74. The van der Waals surface area contributed by atoms with Gasteiger partial charge in [-0.3, -0.25) is 4.79 Å². The molecule has 2 aromatic heterocycles. The van der Waals surface area contributed by atoms with Crippen LogP contribution in [0.3, 0.4) is 0 Å². The minimum atomic E-state index is -0.00740. The maximum absolute atomic E-state index is 12.6. The predicted molar refractivity (Wildman–Crippen MR) is 99.8 cm³/mol. The molecule has 0 unspecified atom stereocenters. The van der Waals surface area contributed by atoms with Gasteiger partial charge in [0.05, 0.1) is 12.7 Å². The summed E-state index contributed by atoms with van der Waals surface area (Å²) >= 11 is 0. The first-order valence-electron chi connectivity index (χ1n) is 8.74. The lowest BCUT2D eigenvalue weighted by Gasteiger charge is -2.35. The molecule has 1 amide bonds. The van der Waals surface area contributed by atoms with Gasteiger partial charge in [0.25, 0.3) is 5.91 Å². The number of carbonyl (C=O) groups is 1. The quantitative estimate of drug-likeness (QED) is 0.871. The summed E-state index contributed by atoms with van der Waals surface area (Å²) in [6.07, 6.45) is 1.56. The first-order chi connectivity index (χ1) is 12.6. The largest absolute Gasteiger partial charge is 0.481 e. The number of nitrogens with zero attached hydrogens (tertiary/aromatic N) is 5. The van der Waals surface area contributed by atoms with Crippen molar-refractivity contribution in [2.45, 2.75) is 13.8 Å². The minimum absolute atomic E-state index is 0.00740. The number of hydrogen-bond acceptors (Lipinski definition) is 7. The number of ether oxygens (including phenoxy) is 1. The van der Waals surface area contributed by atoms with Gasteiger partial charge in [0.15, 0.2) is 0 Å². The molecule has 0 aromatic carbocycles. The van der Waals surface area contributed by atoms with E-state index in [1.807, 2.05) is 24.8 Å². The molecule has 1 N–H and O–H groups in total. The number of aromatic nitrogens is 3. The number of amides is 1. The molecule has 1 saturated heterocycles. The lowest BCUT2D eigenvalue weighted by atomic mass is 10.2. The summed E-state index contributed by atoms with van der Waals surface area (Å²) in [4.78, 5) is 29.7. The Morgan fingerprint density at radius 1 is 1.23 bits per heavy atom. The number of carbonyl (C=O) groups excluding carboxylic acids is 1. The van der Waals surface area contributed by atoms with Crippen molar-refractivity contribution >= 4 is 17.7 Å². The molecular weight excluding hydrogens is 332 g/mol. The van der Waals surface area contributed by atoms with E-state index < -0.39 is 0 Å². The van der Waals surface area contributed by atoms with Gasteiger partial charge in [0.2, 0.25) is 11.8 Å². The highest BCUT2D eigenvalue weighted by molar-refractivity contribution is 5.94. The summed E-state index contributed by atoms with van der Waals surface area (Å²) in [6.45, 7) is 7.51. The molecule has 138 valence electrons. The third-order valence-electron chi connectivity index (χ3n) is 4.26. The average Bonchev–Trinajstić information content (AvgIpc) is 2.67. The maximum atomic E-state index is 12.6. The number of rotatable bonds is 5. The van der Waals surface area contributed by atoms with E-state index in [4.69, 9.17) is 4.74 Å². The highest BCUT2D eigenvalue weighted by Crippen LogP contribution is 2.18. The molecule has 1 aliphatic heterocycles. The highest BCUT2D eigenvalue weighted by atomic mass is 16.5. The topological polar surface area (TPSA) is 83.5 Å².